The summed E-state index contributed by atoms with van der Waals surface area (Å²) in [6.07, 6.45) is -0.507. The largest absolute Gasteiger partial charge is 0.410 e. The Morgan fingerprint density at radius 2 is 1.57 bits per heavy atom. The molecule has 0 heterocycles. The number of hydrogen-bond acceptors (Lipinski definition) is 5. The third kappa shape index (κ3) is 4.22. The molecule has 1 N–H and O–H groups in total. The lowest BCUT2D eigenvalue weighted by atomic mass is 10.5. The fraction of sp³-hybridized carbons (Fsp3) is 0.875. The minimum absolute atomic E-state index is 0.0279. The van der Waals surface area contributed by atoms with Crippen LogP contribution in [0.15, 0.2) is 5.16 Å². The summed E-state index contributed by atoms with van der Waals surface area (Å²) in [5, 5.41) is 11.4. The number of hydrogen-bond donors (Lipinski definition) is 1. The summed E-state index contributed by atoms with van der Waals surface area (Å²) >= 11 is 0. The van der Waals surface area contributed by atoms with Gasteiger partial charge in [0.05, 0.1) is 12.2 Å². The van der Waals surface area contributed by atoms with Gasteiger partial charge < -0.3 is 14.3 Å². The number of rotatable bonds is 5. The van der Waals surface area contributed by atoms with Gasteiger partial charge in [-0.25, -0.2) is 0 Å². The molecule has 14 heavy (non-hydrogen) atoms. The molecule has 6 heteroatoms. The van der Waals surface area contributed by atoms with Crippen molar-refractivity contribution in [1.29, 1.82) is 0 Å². The van der Waals surface area contributed by atoms with E-state index in [-0.39, 0.29) is 17.7 Å². The van der Waals surface area contributed by atoms with Crippen LogP contribution in [-0.2, 0) is 13.6 Å². The van der Waals surface area contributed by atoms with Crippen LogP contribution in [0.5, 0.6) is 0 Å². The fourth-order valence-corrected chi connectivity index (χ4v) is 2.36. The Labute approximate surface area is 84.6 Å². The summed E-state index contributed by atoms with van der Waals surface area (Å²) in [6.45, 7) is 8.36. The molecular weight excluding hydrogens is 205 g/mol. The molecule has 0 bridgehead atoms. The molecule has 0 unspecified atom stereocenters. The van der Waals surface area contributed by atoms with Crippen molar-refractivity contribution in [3.05, 3.63) is 0 Å². The molecule has 0 aliphatic carbocycles. The van der Waals surface area contributed by atoms with E-state index in [4.69, 9.17) is 14.3 Å². The van der Waals surface area contributed by atoms with Crippen LogP contribution in [0, 0.1) is 0 Å². The molecule has 0 amide bonds. The van der Waals surface area contributed by atoms with E-state index in [2.05, 4.69) is 5.16 Å². The minimum Gasteiger partial charge on any atom is -0.410 e. The van der Waals surface area contributed by atoms with Gasteiger partial charge in [0.15, 0.2) is 5.45 Å². The van der Waals surface area contributed by atoms with Gasteiger partial charge in [0.2, 0.25) is 0 Å². The SMILES string of the molecule is C/C(=N\O)P(=O)(OC(C)C)OC(C)C. The first-order valence-corrected chi connectivity index (χ1v) is 6.02. The summed E-state index contributed by atoms with van der Waals surface area (Å²) < 4.78 is 22.3. The molecule has 0 spiro atoms. The highest BCUT2D eigenvalue weighted by Crippen LogP contribution is 2.51. The van der Waals surface area contributed by atoms with Crippen molar-refractivity contribution in [3.63, 3.8) is 0 Å². The van der Waals surface area contributed by atoms with Gasteiger partial charge in [0.1, 0.15) is 0 Å². The van der Waals surface area contributed by atoms with E-state index in [0.717, 1.165) is 0 Å². The normalized spacial score (nSPS) is 14.1. The van der Waals surface area contributed by atoms with Crippen molar-refractivity contribution >= 4 is 13.0 Å². The fourth-order valence-electron chi connectivity index (χ4n) is 0.787. The van der Waals surface area contributed by atoms with E-state index < -0.39 is 7.60 Å². The maximum Gasteiger partial charge on any atom is 0.378 e. The number of nitrogens with zero attached hydrogens (tertiary/aromatic N) is 1. The molecule has 0 radical (unpaired) electrons. The third-order valence-electron chi connectivity index (χ3n) is 1.24. The second-order valence-corrected chi connectivity index (χ2v) is 5.52. The molecule has 0 saturated carbocycles. The van der Waals surface area contributed by atoms with Crippen LogP contribution in [0.3, 0.4) is 0 Å². The predicted octanol–water partition coefficient (Wildman–Crippen LogP) is 2.84. The average Bonchev–Trinajstić information content (AvgIpc) is 1.99. The zero-order valence-electron chi connectivity index (χ0n) is 9.22. The third-order valence-corrected chi connectivity index (χ3v) is 3.52. The topological polar surface area (TPSA) is 68.1 Å². The quantitative estimate of drug-likeness (QED) is 0.337. The molecule has 5 nitrogen and oxygen atoms in total. The van der Waals surface area contributed by atoms with Crippen LogP contribution < -0.4 is 0 Å². The minimum atomic E-state index is -3.42. The molecule has 84 valence electrons. The van der Waals surface area contributed by atoms with Gasteiger partial charge >= 0.3 is 7.60 Å². The molecule has 0 aliphatic rings. The van der Waals surface area contributed by atoms with Crippen molar-refractivity contribution in [2.75, 3.05) is 0 Å². The van der Waals surface area contributed by atoms with Crippen LogP contribution >= 0.6 is 7.60 Å². The van der Waals surface area contributed by atoms with E-state index in [1.807, 2.05) is 0 Å². The van der Waals surface area contributed by atoms with Gasteiger partial charge in [-0.3, -0.25) is 4.57 Å². The van der Waals surface area contributed by atoms with Crippen molar-refractivity contribution in [1.82, 2.24) is 0 Å². The monoisotopic (exact) mass is 223 g/mol. The van der Waals surface area contributed by atoms with E-state index in [0.29, 0.717) is 0 Å². The van der Waals surface area contributed by atoms with Gasteiger partial charge in [-0.1, -0.05) is 5.16 Å². The van der Waals surface area contributed by atoms with Crippen molar-refractivity contribution in [2.45, 2.75) is 46.8 Å². The molecule has 0 aliphatic heterocycles. The standard InChI is InChI=1S/C8H18NO4P/c1-6(2)12-14(11,8(5)9-10)13-7(3)4/h6-7,10H,1-5H3/b9-8+. The summed E-state index contributed by atoms with van der Waals surface area (Å²) in [4.78, 5) is 0. The first-order valence-electron chi connectivity index (χ1n) is 4.48. The van der Waals surface area contributed by atoms with Crippen molar-refractivity contribution in [2.24, 2.45) is 5.16 Å². The highest BCUT2D eigenvalue weighted by atomic mass is 31.2. The lowest BCUT2D eigenvalue weighted by molar-refractivity contribution is 0.151. The van der Waals surface area contributed by atoms with E-state index in [1.54, 1.807) is 27.7 Å². The zero-order chi connectivity index (χ0) is 11.4. The molecule has 0 saturated heterocycles. The Morgan fingerprint density at radius 1 is 1.21 bits per heavy atom. The Balaban J connectivity index is 4.77. The molecule has 0 aromatic heterocycles. The Morgan fingerprint density at radius 3 is 1.79 bits per heavy atom. The smallest absolute Gasteiger partial charge is 0.378 e. The van der Waals surface area contributed by atoms with E-state index in [9.17, 15) is 4.57 Å². The molecule has 0 aromatic carbocycles. The lowest BCUT2D eigenvalue weighted by Crippen LogP contribution is -2.12. The van der Waals surface area contributed by atoms with Crippen LogP contribution in [0.25, 0.3) is 0 Å². The van der Waals surface area contributed by atoms with Crippen molar-refractivity contribution < 1.29 is 18.8 Å². The second-order valence-electron chi connectivity index (χ2n) is 3.45. The van der Waals surface area contributed by atoms with Crippen LogP contribution in [-0.4, -0.2) is 22.9 Å². The first-order chi connectivity index (χ1) is 6.31. The van der Waals surface area contributed by atoms with Gasteiger partial charge in [-0.05, 0) is 34.6 Å². The Bertz CT molecular complexity index is 236. The summed E-state index contributed by atoms with van der Waals surface area (Å²) in [7, 11) is -3.42. The van der Waals surface area contributed by atoms with Crippen molar-refractivity contribution in [3.8, 4) is 0 Å². The molecule has 0 aromatic rings. The zero-order valence-corrected chi connectivity index (χ0v) is 10.1. The summed E-state index contributed by atoms with van der Waals surface area (Å²) in [6, 6.07) is 0. The predicted molar refractivity (Wildman–Crippen MR) is 54.9 cm³/mol. The van der Waals surface area contributed by atoms with Gasteiger partial charge in [-0.2, -0.15) is 0 Å². The highest BCUT2D eigenvalue weighted by Gasteiger charge is 2.32. The Kier molecular flexibility index (Phi) is 5.34. The first kappa shape index (κ1) is 13.6. The highest BCUT2D eigenvalue weighted by molar-refractivity contribution is 7.72. The number of oxime groups is 1. The van der Waals surface area contributed by atoms with E-state index in [1.165, 1.54) is 6.92 Å². The molecule has 0 fully saturated rings. The van der Waals surface area contributed by atoms with Gasteiger partial charge in [0.25, 0.3) is 0 Å². The second kappa shape index (κ2) is 5.49. The molecular formula is C8H18NO4P. The summed E-state index contributed by atoms with van der Waals surface area (Å²) in [5.41, 5.74) is -0.0279. The molecule has 0 atom stereocenters. The van der Waals surface area contributed by atoms with Gasteiger partial charge in [-0.15, -0.1) is 0 Å². The van der Waals surface area contributed by atoms with Crippen LogP contribution in [0.2, 0.25) is 0 Å². The lowest BCUT2D eigenvalue weighted by Gasteiger charge is -2.21. The van der Waals surface area contributed by atoms with Crippen LogP contribution in [0.4, 0.5) is 0 Å². The average molecular weight is 223 g/mol. The molecule has 0 rings (SSSR count). The maximum atomic E-state index is 12.0. The Hall–Kier alpha value is -0.380. The van der Waals surface area contributed by atoms with Crippen LogP contribution in [0.1, 0.15) is 34.6 Å². The summed E-state index contributed by atoms with van der Waals surface area (Å²) in [5.74, 6) is 0. The van der Waals surface area contributed by atoms with E-state index >= 15 is 0 Å². The van der Waals surface area contributed by atoms with Gasteiger partial charge in [0, 0.05) is 0 Å². The maximum absolute atomic E-state index is 12.0.